The topological polar surface area (TPSA) is 59.2 Å². The Hall–Kier alpha value is -2.77. The summed E-state index contributed by atoms with van der Waals surface area (Å²) in [5.41, 5.74) is 3.37. The van der Waals surface area contributed by atoms with E-state index in [1.165, 1.54) is 20.9 Å². The summed E-state index contributed by atoms with van der Waals surface area (Å²) in [6, 6.07) is 14.3. The molecule has 0 saturated carbocycles. The predicted molar refractivity (Wildman–Crippen MR) is 119 cm³/mol. The van der Waals surface area contributed by atoms with Crippen LogP contribution in [0.2, 0.25) is 0 Å². The van der Waals surface area contributed by atoms with Crippen molar-refractivity contribution in [2.75, 3.05) is 6.54 Å². The van der Waals surface area contributed by atoms with Crippen LogP contribution in [0, 0.1) is 6.92 Å². The maximum Gasteiger partial charge on any atom is 0.227 e. The van der Waals surface area contributed by atoms with Gasteiger partial charge in [-0.1, -0.05) is 41.1 Å². The molecular weight excluding hydrogens is 414 g/mol. The first-order valence-corrected chi connectivity index (χ1v) is 11.7. The van der Waals surface area contributed by atoms with E-state index < -0.39 is 0 Å². The molecule has 7 heteroatoms. The summed E-state index contributed by atoms with van der Waals surface area (Å²) in [6.07, 6.45) is 1.72. The third kappa shape index (κ3) is 3.70. The zero-order valence-electron chi connectivity index (χ0n) is 16.6. The van der Waals surface area contributed by atoms with Crippen molar-refractivity contribution in [3.8, 4) is 11.4 Å². The van der Waals surface area contributed by atoms with Gasteiger partial charge in [-0.15, -0.1) is 22.7 Å². The Labute approximate surface area is 183 Å². The minimum atomic E-state index is 0.0123. The Morgan fingerprint density at radius 3 is 2.83 bits per heavy atom. The average molecular weight is 436 g/mol. The molecule has 0 aliphatic carbocycles. The molecule has 0 unspecified atom stereocenters. The molecule has 0 spiro atoms. The quantitative estimate of drug-likeness (QED) is 0.428. The van der Waals surface area contributed by atoms with Gasteiger partial charge in [0.25, 0.3) is 0 Å². The molecule has 5 nitrogen and oxygen atoms in total. The molecule has 0 saturated heterocycles. The van der Waals surface area contributed by atoms with Gasteiger partial charge in [0.05, 0.1) is 6.04 Å². The third-order valence-electron chi connectivity index (χ3n) is 5.43. The Kier molecular flexibility index (Phi) is 5.23. The van der Waals surface area contributed by atoms with Crippen molar-refractivity contribution in [1.82, 2.24) is 15.0 Å². The number of rotatable bonds is 5. The van der Waals surface area contributed by atoms with Crippen LogP contribution >= 0.6 is 22.7 Å². The lowest BCUT2D eigenvalue weighted by molar-refractivity contribution is -0.133. The molecule has 3 aromatic heterocycles. The maximum atomic E-state index is 13.2. The Morgan fingerprint density at radius 2 is 2.03 bits per heavy atom. The van der Waals surface area contributed by atoms with Gasteiger partial charge in [-0.2, -0.15) is 4.98 Å². The van der Waals surface area contributed by atoms with Crippen LogP contribution in [-0.4, -0.2) is 27.5 Å². The van der Waals surface area contributed by atoms with Crippen molar-refractivity contribution in [2.24, 2.45) is 0 Å². The van der Waals surface area contributed by atoms with Gasteiger partial charge >= 0.3 is 0 Å². The number of aromatic nitrogens is 2. The summed E-state index contributed by atoms with van der Waals surface area (Å²) in [6.45, 7) is 2.79. The Bertz CT molecular complexity index is 1150. The van der Waals surface area contributed by atoms with E-state index in [9.17, 15) is 4.79 Å². The minimum absolute atomic E-state index is 0.0123. The average Bonchev–Trinajstić information content (AvgIpc) is 3.53. The molecule has 0 radical (unpaired) electrons. The summed E-state index contributed by atoms with van der Waals surface area (Å²) in [4.78, 5) is 22.3. The maximum absolute atomic E-state index is 13.2. The van der Waals surface area contributed by atoms with Crippen LogP contribution in [0.3, 0.4) is 0 Å². The summed E-state index contributed by atoms with van der Waals surface area (Å²) < 4.78 is 5.40. The standard InChI is InChI=1S/C23H21N3O2S2/c1-15-4-6-16(7-5-15)23-24-20(28-25-23)8-9-21(27)26-12-10-18-17(11-14-30-18)22(26)19-3-2-13-29-19/h2-7,11,13-14,22H,8-10,12H2,1H3/t22-/m1/s1. The highest BCUT2D eigenvalue weighted by atomic mass is 32.1. The second-order valence-corrected chi connectivity index (χ2v) is 9.41. The molecule has 4 heterocycles. The van der Waals surface area contributed by atoms with Gasteiger partial charge < -0.3 is 9.42 Å². The molecule has 0 N–H and O–H groups in total. The number of aryl methyl sites for hydroxylation is 2. The van der Waals surface area contributed by atoms with Gasteiger partial charge in [-0.25, -0.2) is 0 Å². The molecule has 0 fully saturated rings. The second kappa shape index (κ2) is 8.16. The molecule has 4 aromatic rings. The molecule has 1 aliphatic heterocycles. The summed E-state index contributed by atoms with van der Waals surface area (Å²) in [5, 5.41) is 8.28. The van der Waals surface area contributed by atoms with Crippen molar-refractivity contribution in [1.29, 1.82) is 0 Å². The van der Waals surface area contributed by atoms with E-state index in [1.807, 2.05) is 42.2 Å². The van der Waals surface area contributed by atoms with E-state index in [-0.39, 0.29) is 11.9 Å². The van der Waals surface area contributed by atoms with E-state index >= 15 is 0 Å². The second-order valence-electron chi connectivity index (χ2n) is 7.43. The van der Waals surface area contributed by atoms with Crippen LogP contribution in [-0.2, 0) is 17.6 Å². The van der Waals surface area contributed by atoms with Crippen LogP contribution in [0.15, 0.2) is 57.7 Å². The van der Waals surface area contributed by atoms with Gasteiger partial charge in [0.15, 0.2) is 0 Å². The number of carbonyl (C=O) groups excluding carboxylic acids is 1. The van der Waals surface area contributed by atoms with Gasteiger partial charge in [0.1, 0.15) is 0 Å². The van der Waals surface area contributed by atoms with Crippen LogP contribution in [0.25, 0.3) is 11.4 Å². The SMILES string of the molecule is Cc1ccc(-c2noc(CCC(=O)N3CCc4sccc4[C@@H]3c3cccs3)n2)cc1. The van der Waals surface area contributed by atoms with E-state index in [2.05, 4.69) is 33.0 Å². The fourth-order valence-electron chi connectivity index (χ4n) is 3.87. The molecule has 1 aromatic carbocycles. The number of thiophene rings is 2. The minimum Gasteiger partial charge on any atom is -0.339 e. The molecule has 0 bridgehead atoms. The largest absolute Gasteiger partial charge is 0.339 e. The molecule has 30 heavy (non-hydrogen) atoms. The number of carbonyl (C=O) groups is 1. The number of fused-ring (bicyclic) bond motifs is 1. The third-order valence-corrected chi connectivity index (χ3v) is 7.35. The van der Waals surface area contributed by atoms with Crippen molar-refractivity contribution in [3.05, 3.63) is 80.0 Å². The first-order valence-electron chi connectivity index (χ1n) is 9.98. The zero-order chi connectivity index (χ0) is 20.5. The monoisotopic (exact) mass is 435 g/mol. The number of hydrogen-bond acceptors (Lipinski definition) is 6. The van der Waals surface area contributed by atoms with Gasteiger partial charge in [0, 0.05) is 34.7 Å². The number of benzene rings is 1. The number of nitrogens with zero attached hydrogens (tertiary/aromatic N) is 3. The summed E-state index contributed by atoms with van der Waals surface area (Å²) in [7, 11) is 0. The van der Waals surface area contributed by atoms with Crippen molar-refractivity contribution < 1.29 is 9.32 Å². The van der Waals surface area contributed by atoms with Crippen LogP contribution in [0.1, 0.15) is 39.2 Å². The lowest BCUT2D eigenvalue weighted by Crippen LogP contribution is -2.39. The molecule has 5 rings (SSSR count). The van der Waals surface area contributed by atoms with E-state index in [0.717, 1.165) is 18.5 Å². The molecule has 1 atom stereocenters. The lowest BCUT2D eigenvalue weighted by atomic mass is 9.98. The summed E-state index contributed by atoms with van der Waals surface area (Å²) in [5.74, 6) is 1.19. The van der Waals surface area contributed by atoms with Gasteiger partial charge in [-0.3, -0.25) is 4.79 Å². The predicted octanol–water partition coefficient (Wildman–Crippen LogP) is 5.27. The van der Waals surface area contributed by atoms with Gasteiger partial charge in [-0.05, 0) is 41.8 Å². The fraction of sp³-hybridized carbons (Fsp3) is 0.261. The lowest BCUT2D eigenvalue weighted by Gasteiger charge is -2.35. The summed E-state index contributed by atoms with van der Waals surface area (Å²) >= 11 is 3.49. The molecule has 1 aliphatic rings. The van der Waals surface area contributed by atoms with E-state index in [4.69, 9.17) is 4.52 Å². The fourth-order valence-corrected chi connectivity index (χ4v) is 5.63. The Morgan fingerprint density at radius 1 is 1.17 bits per heavy atom. The number of hydrogen-bond donors (Lipinski definition) is 0. The molecule has 1 amide bonds. The van der Waals surface area contributed by atoms with E-state index in [0.29, 0.717) is 24.6 Å². The van der Waals surface area contributed by atoms with Gasteiger partial charge in [0.2, 0.25) is 17.6 Å². The van der Waals surface area contributed by atoms with Crippen LogP contribution < -0.4 is 0 Å². The first-order chi connectivity index (χ1) is 14.7. The van der Waals surface area contributed by atoms with Crippen molar-refractivity contribution in [2.45, 2.75) is 32.2 Å². The highest BCUT2D eigenvalue weighted by Crippen LogP contribution is 2.39. The highest BCUT2D eigenvalue weighted by Gasteiger charge is 2.33. The van der Waals surface area contributed by atoms with Crippen LogP contribution in [0.4, 0.5) is 0 Å². The van der Waals surface area contributed by atoms with Crippen LogP contribution in [0.5, 0.6) is 0 Å². The van der Waals surface area contributed by atoms with Crippen molar-refractivity contribution in [3.63, 3.8) is 0 Å². The first kappa shape index (κ1) is 19.2. The normalized spacial score (nSPS) is 15.9. The zero-order valence-corrected chi connectivity index (χ0v) is 18.2. The van der Waals surface area contributed by atoms with E-state index in [1.54, 1.807) is 22.7 Å². The number of amides is 1. The Balaban J connectivity index is 1.30. The molecular formula is C23H21N3O2S2. The highest BCUT2D eigenvalue weighted by molar-refractivity contribution is 7.10. The van der Waals surface area contributed by atoms with Crippen molar-refractivity contribution >= 4 is 28.6 Å². The molecule has 152 valence electrons. The smallest absolute Gasteiger partial charge is 0.227 e.